The van der Waals surface area contributed by atoms with Crippen molar-refractivity contribution in [3.05, 3.63) is 62.4 Å². The topological polar surface area (TPSA) is 41.1 Å². The Hall–Kier alpha value is -1.66. The van der Waals surface area contributed by atoms with Crippen LogP contribution in [0.2, 0.25) is 10.0 Å². The number of nitrogens with one attached hydrogen (secondary N) is 2. The minimum atomic E-state index is -0.343. The average Bonchev–Trinajstić information content (AvgIpc) is 2.86. The zero-order valence-electron chi connectivity index (χ0n) is 13.4. The molecule has 0 aliphatic heterocycles. The maximum atomic E-state index is 12.5. The molecule has 2 N–H and O–H groups in total. The zero-order valence-corrected chi connectivity index (χ0v) is 16.6. The fourth-order valence-corrected chi connectivity index (χ4v) is 4.34. The van der Waals surface area contributed by atoms with E-state index < -0.39 is 0 Å². The molecular weight excluding hydrogens is 395 g/mol. The molecule has 3 aromatic rings. The Morgan fingerprint density at radius 2 is 1.88 bits per heavy atom. The van der Waals surface area contributed by atoms with Gasteiger partial charge in [-0.3, -0.25) is 10.1 Å². The fraction of sp³-hybridized carbons (Fsp3) is 0.111. The van der Waals surface area contributed by atoms with Crippen LogP contribution in [0.15, 0.2) is 36.4 Å². The molecule has 1 aromatic heterocycles. The van der Waals surface area contributed by atoms with Crippen LogP contribution in [0.3, 0.4) is 0 Å². The Kier molecular flexibility index (Phi) is 5.29. The first kappa shape index (κ1) is 18.1. The smallest absolute Gasteiger partial charge is 0.269 e. The van der Waals surface area contributed by atoms with E-state index in [-0.39, 0.29) is 11.0 Å². The molecule has 0 saturated carbocycles. The van der Waals surface area contributed by atoms with Crippen LogP contribution < -0.4 is 10.6 Å². The Morgan fingerprint density at radius 3 is 2.60 bits per heavy atom. The van der Waals surface area contributed by atoms with E-state index >= 15 is 0 Å². The van der Waals surface area contributed by atoms with Gasteiger partial charge < -0.3 is 5.32 Å². The summed E-state index contributed by atoms with van der Waals surface area (Å²) in [5.41, 5.74) is 3.06. The first-order valence-electron chi connectivity index (χ1n) is 7.42. The Morgan fingerprint density at radius 1 is 1.12 bits per heavy atom. The van der Waals surface area contributed by atoms with E-state index in [4.69, 9.17) is 35.4 Å². The number of carbonyl (C=O) groups excluding carboxylic acids is 1. The van der Waals surface area contributed by atoms with Crippen LogP contribution in [-0.4, -0.2) is 11.0 Å². The molecule has 3 nitrogen and oxygen atoms in total. The summed E-state index contributed by atoms with van der Waals surface area (Å²) in [4.78, 5) is 12.9. The van der Waals surface area contributed by atoms with Gasteiger partial charge in [-0.1, -0.05) is 47.0 Å². The second-order valence-electron chi connectivity index (χ2n) is 5.61. The SMILES string of the molecule is Cc1ccc(NC(=S)NC(=O)c2sc3cc(Cl)ccc3c2Cl)c(C)c1. The number of carbonyl (C=O) groups is 1. The molecule has 128 valence electrons. The van der Waals surface area contributed by atoms with Crippen LogP contribution in [-0.2, 0) is 0 Å². The van der Waals surface area contributed by atoms with Gasteiger partial charge in [-0.25, -0.2) is 0 Å². The van der Waals surface area contributed by atoms with Gasteiger partial charge in [0.15, 0.2) is 5.11 Å². The van der Waals surface area contributed by atoms with Gasteiger partial charge in [0, 0.05) is 20.8 Å². The molecule has 0 atom stereocenters. The zero-order chi connectivity index (χ0) is 18.1. The van der Waals surface area contributed by atoms with Crippen LogP contribution in [0.5, 0.6) is 0 Å². The predicted molar refractivity (Wildman–Crippen MR) is 111 cm³/mol. The van der Waals surface area contributed by atoms with Crippen molar-refractivity contribution in [2.75, 3.05) is 5.32 Å². The van der Waals surface area contributed by atoms with E-state index in [2.05, 4.69) is 10.6 Å². The van der Waals surface area contributed by atoms with Crippen molar-refractivity contribution in [3.63, 3.8) is 0 Å². The molecular formula is C18H14Cl2N2OS2. The molecule has 7 heteroatoms. The number of amides is 1. The van der Waals surface area contributed by atoms with Gasteiger partial charge in [-0.15, -0.1) is 11.3 Å². The number of anilines is 1. The first-order valence-corrected chi connectivity index (χ1v) is 9.40. The number of hydrogen-bond acceptors (Lipinski definition) is 3. The third-order valence-electron chi connectivity index (χ3n) is 3.65. The second-order valence-corrected chi connectivity index (χ2v) is 7.89. The molecule has 2 aromatic carbocycles. The molecule has 0 saturated heterocycles. The minimum absolute atomic E-state index is 0.225. The Labute approximate surface area is 164 Å². The van der Waals surface area contributed by atoms with Crippen LogP contribution in [0.25, 0.3) is 10.1 Å². The average molecular weight is 409 g/mol. The maximum Gasteiger partial charge on any atom is 0.269 e. The summed E-state index contributed by atoms with van der Waals surface area (Å²) in [5, 5.41) is 7.75. The lowest BCUT2D eigenvalue weighted by Crippen LogP contribution is -2.34. The van der Waals surface area contributed by atoms with Crippen LogP contribution in [0.1, 0.15) is 20.8 Å². The van der Waals surface area contributed by atoms with Gasteiger partial charge in [0.1, 0.15) is 4.88 Å². The summed E-state index contributed by atoms with van der Waals surface area (Å²) < 4.78 is 0.857. The highest BCUT2D eigenvalue weighted by molar-refractivity contribution is 7.80. The Bertz CT molecular complexity index is 998. The second kappa shape index (κ2) is 7.30. The first-order chi connectivity index (χ1) is 11.8. The van der Waals surface area contributed by atoms with Crippen LogP contribution >= 0.6 is 46.8 Å². The molecule has 25 heavy (non-hydrogen) atoms. The van der Waals surface area contributed by atoms with Crippen molar-refractivity contribution in [1.82, 2.24) is 5.32 Å². The van der Waals surface area contributed by atoms with Gasteiger partial charge in [-0.2, -0.15) is 0 Å². The van der Waals surface area contributed by atoms with E-state index in [0.717, 1.165) is 26.9 Å². The highest BCUT2D eigenvalue weighted by Gasteiger charge is 2.18. The number of thiophene rings is 1. The van der Waals surface area contributed by atoms with Gasteiger partial charge >= 0.3 is 0 Å². The maximum absolute atomic E-state index is 12.5. The van der Waals surface area contributed by atoms with E-state index in [9.17, 15) is 4.79 Å². The van der Waals surface area contributed by atoms with E-state index in [1.165, 1.54) is 11.3 Å². The third kappa shape index (κ3) is 3.96. The summed E-state index contributed by atoms with van der Waals surface area (Å²) in [6, 6.07) is 11.3. The van der Waals surface area contributed by atoms with Crippen molar-refractivity contribution >= 4 is 73.5 Å². The molecule has 0 aliphatic rings. The Balaban J connectivity index is 1.77. The molecule has 0 fully saturated rings. The molecule has 0 radical (unpaired) electrons. The van der Waals surface area contributed by atoms with Crippen LogP contribution in [0.4, 0.5) is 5.69 Å². The van der Waals surface area contributed by atoms with E-state index in [1.807, 2.05) is 32.0 Å². The number of hydrogen-bond donors (Lipinski definition) is 2. The standard InChI is InChI=1S/C18H14Cl2N2OS2/c1-9-3-6-13(10(2)7-9)21-18(24)22-17(23)16-15(20)12-5-4-11(19)8-14(12)25-16/h3-8H,1-2H3,(H2,21,22,23,24). The lowest BCUT2D eigenvalue weighted by molar-refractivity contribution is 0.0982. The summed E-state index contributed by atoms with van der Waals surface area (Å²) in [5.74, 6) is -0.343. The lowest BCUT2D eigenvalue weighted by atomic mass is 10.1. The lowest BCUT2D eigenvalue weighted by Gasteiger charge is -2.12. The van der Waals surface area contributed by atoms with Gasteiger partial charge in [-0.05, 0) is 49.8 Å². The largest absolute Gasteiger partial charge is 0.332 e. The van der Waals surface area contributed by atoms with E-state index in [1.54, 1.807) is 18.2 Å². The summed E-state index contributed by atoms with van der Waals surface area (Å²) in [7, 11) is 0. The molecule has 0 bridgehead atoms. The summed E-state index contributed by atoms with van der Waals surface area (Å²) >= 11 is 18.9. The third-order valence-corrected chi connectivity index (χ3v) is 5.75. The van der Waals surface area contributed by atoms with Crippen molar-refractivity contribution in [2.45, 2.75) is 13.8 Å². The number of thiocarbonyl (C=S) groups is 1. The molecule has 0 aliphatic carbocycles. The number of fused-ring (bicyclic) bond motifs is 1. The number of halogens is 2. The van der Waals surface area contributed by atoms with Crippen molar-refractivity contribution < 1.29 is 4.79 Å². The van der Waals surface area contributed by atoms with Gasteiger partial charge in [0.25, 0.3) is 5.91 Å². The van der Waals surface area contributed by atoms with Crippen LogP contribution in [0, 0.1) is 13.8 Å². The summed E-state index contributed by atoms with van der Waals surface area (Å²) in [6.07, 6.45) is 0. The van der Waals surface area contributed by atoms with Gasteiger partial charge in [0.05, 0.1) is 5.02 Å². The number of aryl methyl sites for hydroxylation is 2. The summed E-state index contributed by atoms with van der Waals surface area (Å²) in [6.45, 7) is 4.00. The minimum Gasteiger partial charge on any atom is -0.332 e. The van der Waals surface area contributed by atoms with Crippen molar-refractivity contribution in [1.29, 1.82) is 0 Å². The fourth-order valence-electron chi connectivity index (χ4n) is 2.45. The molecule has 0 unspecified atom stereocenters. The highest BCUT2D eigenvalue weighted by atomic mass is 35.5. The highest BCUT2D eigenvalue weighted by Crippen LogP contribution is 2.36. The molecule has 0 spiro atoms. The van der Waals surface area contributed by atoms with E-state index in [0.29, 0.717) is 14.9 Å². The quantitative estimate of drug-likeness (QED) is 0.514. The molecule has 1 heterocycles. The van der Waals surface area contributed by atoms with Crippen molar-refractivity contribution in [3.8, 4) is 0 Å². The number of benzene rings is 2. The molecule has 3 rings (SSSR count). The molecule has 1 amide bonds. The van der Waals surface area contributed by atoms with Gasteiger partial charge in [0.2, 0.25) is 0 Å². The normalized spacial score (nSPS) is 10.7. The van der Waals surface area contributed by atoms with Crippen molar-refractivity contribution in [2.24, 2.45) is 0 Å². The monoisotopic (exact) mass is 408 g/mol. The predicted octanol–water partition coefficient (Wildman–Crippen LogP) is 5.95. The number of rotatable bonds is 2.